The average Bonchev–Trinajstić information content (AvgIpc) is 2.35. The van der Waals surface area contributed by atoms with Crippen LogP contribution in [0, 0.1) is 6.92 Å². The van der Waals surface area contributed by atoms with Gasteiger partial charge in [-0.25, -0.2) is 12.7 Å². The molecule has 5 heteroatoms. The van der Waals surface area contributed by atoms with E-state index in [2.05, 4.69) is 0 Å². The average molecular weight is 270 g/mol. The summed E-state index contributed by atoms with van der Waals surface area (Å²) in [5, 5.41) is 0. The van der Waals surface area contributed by atoms with Crippen molar-refractivity contribution in [2.45, 2.75) is 38.1 Å². The fourth-order valence-electron chi connectivity index (χ4n) is 1.80. The van der Waals surface area contributed by atoms with Crippen LogP contribution in [-0.4, -0.2) is 26.3 Å². The predicted octanol–water partition coefficient (Wildman–Crippen LogP) is 1.87. The first-order chi connectivity index (χ1) is 8.43. The maximum Gasteiger partial charge on any atom is 0.243 e. The molecule has 0 heterocycles. The summed E-state index contributed by atoms with van der Waals surface area (Å²) in [6.45, 7) is 4.82. The molecular weight excluding hydrogens is 248 g/mol. The number of nitrogens with zero attached hydrogens (tertiary/aromatic N) is 1. The van der Waals surface area contributed by atoms with E-state index in [1.807, 2.05) is 13.0 Å². The standard InChI is InChI=1S/C13H22N2O2S/c1-4-5-8-15(3)18(16,17)13-7-6-12(10-14)9-11(13)2/h6-7,9H,4-5,8,10,14H2,1-3H3. The van der Waals surface area contributed by atoms with Gasteiger partial charge in [-0.15, -0.1) is 0 Å². The highest BCUT2D eigenvalue weighted by molar-refractivity contribution is 7.89. The lowest BCUT2D eigenvalue weighted by atomic mass is 10.1. The molecule has 4 nitrogen and oxygen atoms in total. The Balaban J connectivity index is 3.05. The summed E-state index contributed by atoms with van der Waals surface area (Å²) < 4.78 is 26.1. The summed E-state index contributed by atoms with van der Waals surface area (Å²) in [5.41, 5.74) is 7.24. The summed E-state index contributed by atoms with van der Waals surface area (Å²) in [6.07, 6.45) is 1.85. The monoisotopic (exact) mass is 270 g/mol. The molecule has 0 aliphatic carbocycles. The largest absolute Gasteiger partial charge is 0.326 e. The first-order valence-electron chi connectivity index (χ1n) is 6.19. The van der Waals surface area contributed by atoms with Gasteiger partial charge >= 0.3 is 0 Å². The van der Waals surface area contributed by atoms with Crippen LogP contribution in [0.2, 0.25) is 0 Å². The van der Waals surface area contributed by atoms with Gasteiger partial charge in [-0.2, -0.15) is 0 Å². The van der Waals surface area contributed by atoms with Gasteiger partial charge in [0, 0.05) is 20.1 Å². The number of hydrogen-bond acceptors (Lipinski definition) is 3. The number of nitrogens with two attached hydrogens (primary N) is 1. The first-order valence-corrected chi connectivity index (χ1v) is 7.63. The van der Waals surface area contributed by atoms with Gasteiger partial charge in [-0.1, -0.05) is 25.5 Å². The second-order valence-electron chi connectivity index (χ2n) is 4.48. The molecule has 0 saturated carbocycles. The number of benzene rings is 1. The van der Waals surface area contributed by atoms with Gasteiger partial charge < -0.3 is 5.73 Å². The van der Waals surface area contributed by atoms with E-state index >= 15 is 0 Å². The van der Waals surface area contributed by atoms with Crippen molar-refractivity contribution < 1.29 is 8.42 Å². The molecule has 0 fully saturated rings. The molecule has 0 saturated heterocycles. The van der Waals surface area contributed by atoms with Crippen molar-refractivity contribution in [3.05, 3.63) is 29.3 Å². The van der Waals surface area contributed by atoms with E-state index < -0.39 is 10.0 Å². The van der Waals surface area contributed by atoms with Crippen LogP contribution in [0.25, 0.3) is 0 Å². The van der Waals surface area contributed by atoms with Crippen molar-refractivity contribution in [3.63, 3.8) is 0 Å². The number of rotatable bonds is 6. The Morgan fingerprint density at radius 2 is 2.00 bits per heavy atom. The SMILES string of the molecule is CCCCN(C)S(=O)(=O)c1ccc(CN)cc1C. The Bertz CT molecular complexity index is 498. The van der Waals surface area contributed by atoms with E-state index in [0.717, 1.165) is 24.0 Å². The van der Waals surface area contributed by atoms with Gasteiger partial charge in [0.25, 0.3) is 0 Å². The van der Waals surface area contributed by atoms with E-state index in [1.54, 1.807) is 26.1 Å². The molecule has 1 aromatic rings. The summed E-state index contributed by atoms with van der Waals surface area (Å²) in [7, 11) is -1.75. The van der Waals surface area contributed by atoms with Crippen molar-refractivity contribution in [3.8, 4) is 0 Å². The van der Waals surface area contributed by atoms with Gasteiger partial charge in [0.05, 0.1) is 4.90 Å². The Kier molecular flexibility index (Phi) is 5.31. The van der Waals surface area contributed by atoms with Gasteiger partial charge in [-0.3, -0.25) is 0 Å². The molecule has 0 radical (unpaired) electrons. The van der Waals surface area contributed by atoms with E-state index in [9.17, 15) is 8.42 Å². The summed E-state index contributed by atoms with van der Waals surface area (Å²) in [5.74, 6) is 0. The second kappa shape index (κ2) is 6.31. The van der Waals surface area contributed by atoms with E-state index in [0.29, 0.717) is 18.0 Å². The van der Waals surface area contributed by atoms with Crippen LogP contribution in [0.1, 0.15) is 30.9 Å². The normalized spacial score (nSPS) is 12.1. The Hall–Kier alpha value is -0.910. The fourth-order valence-corrected chi connectivity index (χ4v) is 3.21. The van der Waals surface area contributed by atoms with Crippen LogP contribution in [-0.2, 0) is 16.6 Å². The molecule has 0 atom stereocenters. The number of hydrogen-bond donors (Lipinski definition) is 1. The highest BCUT2D eigenvalue weighted by atomic mass is 32.2. The van der Waals surface area contributed by atoms with Crippen LogP contribution >= 0.6 is 0 Å². The summed E-state index contributed by atoms with van der Waals surface area (Å²) in [4.78, 5) is 0.373. The third-order valence-corrected chi connectivity index (χ3v) is 5.01. The van der Waals surface area contributed by atoms with Crippen LogP contribution in [0.5, 0.6) is 0 Å². The predicted molar refractivity (Wildman–Crippen MR) is 73.8 cm³/mol. The molecule has 0 spiro atoms. The molecule has 0 bridgehead atoms. The van der Waals surface area contributed by atoms with Crippen LogP contribution in [0.4, 0.5) is 0 Å². The van der Waals surface area contributed by atoms with E-state index in [4.69, 9.17) is 5.73 Å². The molecule has 2 N–H and O–H groups in total. The number of sulfonamides is 1. The number of unbranched alkanes of at least 4 members (excludes halogenated alkanes) is 1. The smallest absolute Gasteiger partial charge is 0.243 e. The maximum atomic E-state index is 12.4. The van der Waals surface area contributed by atoms with Gasteiger partial charge in [0.1, 0.15) is 0 Å². The molecule has 0 aliphatic heterocycles. The third kappa shape index (κ3) is 3.31. The Morgan fingerprint density at radius 3 is 2.50 bits per heavy atom. The topological polar surface area (TPSA) is 63.4 Å². The zero-order valence-corrected chi connectivity index (χ0v) is 12.1. The molecular formula is C13H22N2O2S. The minimum absolute atomic E-state index is 0.373. The summed E-state index contributed by atoms with van der Waals surface area (Å²) >= 11 is 0. The molecule has 102 valence electrons. The minimum Gasteiger partial charge on any atom is -0.326 e. The van der Waals surface area contributed by atoms with Crippen molar-refractivity contribution in [1.82, 2.24) is 4.31 Å². The molecule has 0 amide bonds. The fraction of sp³-hybridized carbons (Fsp3) is 0.538. The maximum absolute atomic E-state index is 12.4. The van der Waals surface area contributed by atoms with Gasteiger partial charge in [0.2, 0.25) is 10.0 Å². The van der Waals surface area contributed by atoms with Crippen molar-refractivity contribution >= 4 is 10.0 Å². The van der Waals surface area contributed by atoms with Crippen LogP contribution in [0.15, 0.2) is 23.1 Å². The zero-order chi connectivity index (χ0) is 13.8. The van der Waals surface area contributed by atoms with E-state index in [1.165, 1.54) is 4.31 Å². The van der Waals surface area contributed by atoms with Gasteiger partial charge in [0.15, 0.2) is 0 Å². The molecule has 0 unspecified atom stereocenters. The Morgan fingerprint density at radius 1 is 1.33 bits per heavy atom. The molecule has 0 aromatic heterocycles. The molecule has 1 aromatic carbocycles. The zero-order valence-electron chi connectivity index (χ0n) is 11.3. The van der Waals surface area contributed by atoms with Gasteiger partial charge in [-0.05, 0) is 30.5 Å². The van der Waals surface area contributed by atoms with E-state index in [-0.39, 0.29) is 0 Å². The quantitative estimate of drug-likeness (QED) is 0.858. The Labute approximate surface area is 110 Å². The highest BCUT2D eigenvalue weighted by Crippen LogP contribution is 2.20. The van der Waals surface area contributed by atoms with Crippen LogP contribution in [0.3, 0.4) is 0 Å². The summed E-state index contributed by atoms with van der Waals surface area (Å²) in [6, 6.07) is 5.25. The first kappa shape index (κ1) is 15.1. The van der Waals surface area contributed by atoms with Crippen LogP contribution < -0.4 is 5.73 Å². The van der Waals surface area contributed by atoms with Crippen molar-refractivity contribution in [1.29, 1.82) is 0 Å². The minimum atomic E-state index is -3.37. The lowest BCUT2D eigenvalue weighted by Gasteiger charge is -2.18. The highest BCUT2D eigenvalue weighted by Gasteiger charge is 2.22. The lowest BCUT2D eigenvalue weighted by Crippen LogP contribution is -2.28. The van der Waals surface area contributed by atoms with Crippen molar-refractivity contribution in [2.75, 3.05) is 13.6 Å². The van der Waals surface area contributed by atoms with Crippen molar-refractivity contribution in [2.24, 2.45) is 5.73 Å². The second-order valence-corrected chi connectivity index (χ2v) is 6.50. The molecule has 18 heavy (non-hydrogen) atoms. The third-order valence-electron chi connectivity index (χ3n) is 2.99. The lowest BCUT2D eigenvalue weighted by molar-refractivity contribution is 0.459. The molecule has 0 aliphatic rings. The number of aryl methyl sites for hydroxylation is 1. The molecule has 1 rings (SSSR count).